The van der Waals surface area contributed by atoms with E-state index in [4.69, 9.17) is 0 Å². The summed E-state index contributed by atoms with van der Waals surface area (Å²) in [5.41, 5.74) is 1.54. The van der Waals surface area contributed by atoms with Crippen molar-refractivity contribution in [2.24, 2.45) is 0 Å². The van der Waals surface area contributed by atoms with Gasteiger partial charge in [0.25, 0.3) is 0 Å². The average molecular weight is 458 g/mol. The van der Waals surface area contributed by atoms with Crippen LogP contribution < -0.4 is 5.32 Å². The van der Waals surface area contributed by atoms with E-state index in [0.717, 1.165) is 30.2 Å². The molecule has 3 aromatic rings. The van der Waals surface area contributed by atoms with Crippen LogP contribution in [0.25, 0.3) is 9.88 Å². The van der Waals surface area contributed by atoms with Crippen molar-refractivity contribution in [3.63, 3.8) is 0 Å². The van der Waals surface area contributed by atoms with Gasteiger partial charge in [-0.2, -0.15) is 0 Å². The second-order valence-electron chi connectivity index (χ2n) is 4.47. The Labute approximate surface area is 152 Å². The van der Waals surface area contributed by atoms with Crippen molar-refractivity contribution in [1.29, 1.82) is 0 Å². The average Bonchev–Trinajstić information content (AvgIpc) is 3.12. The molecule has 22 heavy (non-hydrogen) atoms. The zero-order valence-electron chi connectivity index (χ0n) is 11.2. The van der Waals surface area contributed by atoms with Crippen LogP contribution in [0.15, 0.2) is 50.0 Å². The minimum Gasteiger partial charge on any atom is -0.325 e. The molecule has 0 aliphatic rings. The van der Waals surface area contributed by atoms with E-state index in [-0.39, 0.29) is 12.3 Å². The van der Waals surface area contributed by atoms with Crippen LogP contribution in [0.3, 0.4) is 0 Å². The lowest BCUT2D eigenvalue weighted by Crippen LogP contribution is -2.14. The predicted octanol–water partition coefficient (Wildman–Crippen LogP) is 5.58. The van der Waals surface area contributed by atoms with Gasteiger partial charge in [-0.15, -0.1) is 22.7 Å². The fraction of sp³-hybridized carbons (Fsp3) is 0.0667. The van der Waals surface area contributed by atoms with Crippen LogP contribution in [0.4, 0.5) is 5.69 Å². The second kappa shape index (κ2) is 7.04. The number of aromatic nitrogens is 1. The summed E-state index contributed by atoms with van der Waals surface area (Å²) in [6, 6.07) is 9.67. The summed E-state index contributed by atoms with van der Waals surface area (Å²) in [7, 11) is 0. The van der Waals surface area contributed by atoms with E-state index >= 15 is 0 Å². The lowest BCUT2D eigenvalue weighted by molar-refractivity contribution is -0.115. The largest absolute Gasteiger partial charge is 0.325 e. The van der Waals surface area contributed by atoms with E-state index in [1.807, 2.05) is 41.1 Å². The summed E-state index contributed by atoms with van der Waals surface area (Å²) in [5.74, 6) is -0.0777. The van der Waals surface area contributed by atoms with Crippen LogP contribution in [-0.4, -0.2) is 10.9 Å². The third-order valence-electron chi connectivity index (χ3n) is 2.83. The zero-order chi connectivity index (χ0) is 15.5. The first-order valence-electron chi connectivity index (χ1n) is 6.35. The number of anilines is 1. The van der Waals surface area contributed by atoms with Gasteiger partial charge in [0.05, 0.1) is 22.7 Å². The molecule has 0 bridgehead atoms. The van der Waals surface area contributed by atoms with Crippen LogP contribution >= 0.6 is 54.5 Å². The molecular formula is C15H10Br2N2OS2. The molecule has 0 saturated carbocycles. The first-order valence-corrected chi connectivity index (χ1v) is 9.69. The first kappa shape index (κ1) is 15.9. The number of amides is 1. The number of halogens is 2. The van der Waals surface area contributed by atoms with E-state index in [2.05, 4.69) is 42.2 Å². The van der Waals surface area contributed by atoms with Gasteiger partial charge in [0.1, 0.15) is 5.01 Å². The van der Waals surface area contributed by atoms with Gasteiger partial charge < -0.3 is 5.32 Å². The summed E-state index contributed by atoms with van der Waals surface area (Å²) in [6.07, 6.45) is 0.268. The van der Waals surface area contributed by atoms with Crippen molar-refractivity contribution in [2.45, 2.75) is 6.42 Å². The second-order valence-corrected chi connectivity index (χ2v) is 8.05. The Balaban J connectivity index is 1.67. The molecule has 0 aliphatic carbocycles. The summed E-state index contributed by atoms with van der Waals surface area (Å²) < 4.78 is 1.80. The molecule has 7 heteroatoms. The molecule has 0 atom stereocenters. The quantitative estimate of drug-likeness (QED) is 0.555. The van der Waals surface area contributed by atoms with Gasteiger partial charge in [0, 0.05) is 14.3 Å². The highest BCUT2D eigenvalue weighted by atomic mass is 79.9. The molecule has 3 nitrogen and oxygen atoms in total. The molecular weight excluding hydrogens is 448 g/mol. The molecule has 2 aromatic heterocycles. The molecule has 3 rings (SSSR count). The van der Waals surface area contributed by atoms with Gasteiger partial charge >= 0.3 is 0 Å². The summed E-state index contributed by atoms with van der Waals surface area (Å²) >= 11 is 10.0. The molecule has 0 unspecified atom stereocenters. The minimum atomic E-state index is -0.0777. The van der Waals surface area contributed by atoms with Crippen LogP contribution in [0.2, 0.25) is 0 Å². The number of thiophene rings is 1. The topological polar surface area (TPSA) is 42.0 Å². The fourth-order valence-electron chi connectivity index (χ4n) is 1.85. The van der Waals surface area contributed by atoms with Gasteiger partial charge in [0.15, 0.2) is 0 Å². The van der Waals surface area contributed by atoms with Crippen molar-refractivity contribution in [2.75, 3.05) is 5.32 Å². The van der Waals surface area contributed by atoms with E-state index in [0.29, 0.717) is 0 Å². The minimum absolute atomic E-state index is 0.0777. The number of benzene rings is 1. The highest BCUT2D eigenvalue weighted by Crippen LogP contribution is 2.29. The maximum atomic E-state index is 12.1. The number of thiazole rings is 1. The Kier molecular flexibility index (Phi) is 5.07. The smallest absolute Gasteiger partial charge is 0.230 e. The van der Waals surface area contributed by atoms with Gasteiger partial charge in [0.2, 0.25) is 5.91 Å². The Morgan fingerprint density at radius 3 is 2.82 bits per heavy atom. The molecule has 0 saturated heterocycles. The zero-order valence-corrected chi connectivity index (χ0v) is 16.0. The predicted molar refractivity (Wildman–Crippen MR) is 99.6 cm³/mol. The first-order chi connectivity index (χ1) is 10.6. The van der Waals surface area contributed by atoms with Crippen LogP contribution in [0, 0.1) is 0 Å². The van der Waals surface area contributed by atoms with Gasteiger partial charge in [-0.1, -0.05) is 22.0 Å². The van der Waals surface area contributed by atoms with E-state index in [1.54, 1.807) is 22.7 Å². The maximum absolute atomic E-state index is 12.1. The number of hydrogen-bond acceptors (Lipinski definition) is 4. The summed E-state index contributed by atoms with van der Waals surface area (Å²) in [4.78, 5) is 17.8. The van der Waals surface area contributed by atoms with Gasteiger partial charge in [-0.05, 0) is 45.6 Å². The normalized spacial score (nSPS) is 10.6. The van der Waals surface area contributed by atoms with Crippen LogP contribution in [-0.2, 0) is 11.2 Å². The molecule has 112 valence electrons. The van der Waals surface area contributed by atoms with Crippen molar-refractivity contribution in [3.05, 3.63) is 55.7 Å². The standard InChI is InChI=1S/C15H10Br2N2OS2/c16-9-3-4-12(11(17)6-9)19-14(20)7-10-8-22-15(18-10)13-2-1-5-21-13/h1-6,8H,7H2,(H,19,20). The Bertz CT molecular complexity index is 800. The molecule has 0 radical (unpaired) electrons. The number of rotatable bonds is 4. The lowest BCUT2D eigenvalue weighted by Gasteiger charge is -2.06. The third kappa shape index (κ3) is 3.84. The van der Waals surface area contributed by atoms with E-state index in [9.17, 15) is 4.79 Å². The molecule has 0 spiro atoms. The van der Waals surface area contributed by atoms with Crippen molar-refractivity contribution < 1.29 is 4.79 Å². The number of carbonyl (C=O) groups is 1. The van der Waals surface area contributed by atoms with Crippen LogP contribution in [0.5, 0.6) is 0 Å². The molecule has 0 aliphatic heterocycles. The Hall–Kier alpha value is -1.02. The maximum Gasteiger partial charge on any atom is 0.230 e. The third-order valence-corrected chi connectivity index (χ3v) is 5.91. The van der Waals surface area contributed by atoms with E-state index in [1.165, 1.54) is 0 Å². The Morgan fingerprint density at radius 1 is 1.23 bits per heavy atom. The molecule has 1 N–H and O–H groups in total. The number of hydrogen-bond donors (Lipinski definition) is 1. The molecule has 1 aromatic carbocycles. The summed E-state index contributed by atoms with van der Waals surface area (Å²) in [5, 5.41) is 7.81. The van der Waals surface area contributed by atoms with Crippen molar-refractivity contribution in [1.82, 2.24) is 4.98 Å². The highest BCUT2D eigenvalue weighted by molar-refractivity contribution is 9.11. The lowest BCUT2D eigenvalue weighted by atomic mass is 10.3. The molecule has 1 amide bonds. The van der Waals surface area contributed by atoms with Gasteiger partial charge in [-0.3, -0.25) is 4.79 Å². The SMILES string of the molecule is O=C(Cc1csc(-c2cccs2)n1)Nc1ccc(Br)cc1Br. The van der Waals surface area contributed by atoms with Crippen LogP contribution in [0.1, 0.15) is 5.69 Å². The molecule has 0 fully saturated rings. The number of nitrogens with one attached hydrogen (secondary N) is 1. The summed E-state index contributed by atoms with van der Waals surface area (Å²) in [6.45, 7) is 0. The Morgan fingerprint density at radius 2 is 2.09 bits per heavy atom. The molecule has 2 heterocycles. The van der Waals surface area contributed by atoms with Gasteiger partial charge in [-0.25, -0.2) is 4.98 Å². The monoisotopic (exact) mass is 456 g/mol. The highest BCUT2D eigenvalue weighted by Gasteiger charge is 2.11. The van der Waals surface area contributed by atoms with Crippen molar-refractivity contribution in [3.8, 4) is 9.88 Å². The number of carbonyl (C=O) groups excluding carboxylic acids is 1. The fourth-order valence-corrected chi connectivity index (χ4v) is 4.63. The van der Waals surface area contributed by atoms with E-state index < -0.39 is 0 Å². The number of nitrogens with zero attached hydrogens (tertiary/aromatic N) is 1. The van der Waals surface area contributed by atoms with Crippen molar-refractivity contribution >= 4 is 66.1 Å².